The molecule has 0 amide bonds. The van der Waals surface area contributed by atoms with E-state index in [-0.39, 0.29) is 17.6 Å². The number of likely N-dealkylation sites (tertiary alicyclic amines) is 1. The summed E-state index contributed by atoms with van der Waals surface area (Å²) >= 11 is 0. The molecule has 2 heterocycles. The predicted molar refractivity (Wildman–Crippen MR) is 74.7 cm³/mol. The Hall–Kier alpha value is -1.94. The molecule has 1 saturated heterocycles. The number of aromatic hydroxyl groups is 1. The van der Waals surface area contributed by atoms with E-state index in [4.69, 9.17) is 0 Å². The third-order valence-electron chi connectivity index (χ3n) is 3.84. The maximum absolute atomic E-state index is 13.8. The maximum atomic E-state index is 13.8. The highest BCUT2D eigenvalue weighted by molar-refractivity contribution is 5.29. The van der Waals surface area contributed by atoms with Gasteiger partial charge in [-0.05, 0) is 49.2 Å². The molecule has 1 atom stereocenters. The second-order valence-corrected chi connectivity index (χ2v) is 5.19. The van der Waals surface area contributed by atoms with Crippen molar-refractivity contribution in [2.24, 2.45) is 0 Å². The van der Waals surface area contributed by atoms with Crippen LogP contribution >= 0.6 is 0 Å². The molecule has 1 aromatic heterocycles. The first-order chi connectivity index (χ1) is 9.74. The Bertz CT molecular complexity index is 588. The summed E-state index contributed by atoms with van der Waals surface area (Å²) in [6, 6.07) is 8.48. The maximum Gasteiger partial charge on any atom is 0.127 e. The van der Waals surface area contributed by atoms with Gasteiger partial charge < -0.3 is 5.11 Å². The minimum Gasteiger partial charge on any atom is -0.508 e. The molecule has 1 unspecified atom stereocenters. The first-order valence-electron chi connectivity index (χ1n) is 6.85. The van der Waals surface area contributed by atoms with Crippen molar-refractivity contribution in [3.05, 3.63) is 59.7 Å². The second kappa shape index (κ2) is 5.59. The number of nitrogens with zero attached hydrogens (tertiary/aromatic N) is 2. The van der Waals surface area contributed by atoms with Crippen molar-refractivity contribution in [2.75, 3.05) is 6.54 Å². The Morgan fingerprint density at radius 1 is 1.35 bits per heavy atom. The summed E-state index contributed by atoms with van der Waals surface area (Å²) in [5, 5.41) is 9.50. The third kappa shape index (κ3) is 2.65. The molecule has 0 bridgehead atoms. The normalized spacial score (nSPS) is 19.4. The molecule has 1 aromatic carbocycles. The van der Waals surface area contributed by atoms with E-state index in [0.29, 0.717) is 12.1 Å². The fourth-order valence-corrected chi connectivity index (χ4v) is 2.87. The van der Waals surface area contributed by atoms with E-state index in [9.17, 15) is 9.50 Å². The van der Waals surface area contributed by atoms with Crippen LogP contribution in [0.1, 0.15) is 30.0 Å². The molecule has 3 rings (SSSR count). The highest BCUT2D eigenvalue weighted by atomic mass is 19.1. The molecule has 1 aliphatic heterocycles. The number of halogens is 1. The zero-order valence-corrected chi connectivity index (χ0v) is 11.2. The smallest absolute Gasteiger partial charge is 0.127 e. The molecule has 1 aliphatic rings. The quantitative estimate of drug-likeness (QED) is 0.931. The second-order valence-electron chi connectivity index (χ2n) is 5.19. The van der Waals surface area contributed by atoms with Crippen molar-refractivity contribution in [3.8, 4) is 5.75 Å². The molecule has 0 aliphatic carbocycles. The van der Waals surface area contributed by atoms with Gasteiger partial charge in [-0.3, -0.25) is 9.88 Å². The van der Waals surface area contributed by atoms with Gasteiger partial charge in [-0.1, -0.05) is 6.07 Å². The Balaban J connectivity index is 1.81. The average molecular weight is 272 g/mol. The van der Waals surface area contributed by atoms with Gasteiger partial charge in [0.25, 0.3) is 0 Å². The number of phenols is 1. The summed E-state index contributed by atoms with van der Waals surface area (Å²) in [6.07, 6.45) is 5.80. The standard InChI is InChI=1S/C16H17FN2O/c17-15-6-5-14(20)9-13(15)11-19-8-2-4-16(19)12-3-1-7-18-10-12/h1,3,5-7,9-10,16,20H,2,4,8,11H2. The van der Waals surface area contributed by atoms with Gasteiger partial charge in [-0.25, -0.2) is 4.39 Å². The minimum atomic E-state index is -0.264. The van der Waals surface area contributed by atoms with Crippen LogP contribution in [0, 0.1) is 5.82 Å². The summed E-state index contributed by atoms with van der Waals surface area (Å²) in [5.41, 5.74) is 1.71. The molecule has 1 N–H and O–H groups in total. The summed E-state index contributed by atoms with van der Waals surface area (Å²) in [4.78, 5) is 6.41. The largest absolute Gasteiger partial charge is 0.508 e. The molecule has 20 heavy (non-hydrogen) atoms. The number of phenolic OH excluding ortho intramolecular Hbond substituents is 1. The van der Waals surface area contributed by atoms with E-state index >= 15 is 0 Å². The molecule has 1 fully saturated rings. The van der Waals surface area contributed by atoms with Crippen molar-refractivity contribution >= 4 is 0 Å². The average Bonchev–Trinajstić information content (AvgIpc) is 2.92. The zero-order valence-electron chi connectivity index (χ0n) is 11.2. The zero-order chi connectivity index (χ0) is 13.9. The number of benzene rings is 1. The molecule has 3 nitrogen and oxygen atoms in total. The van der Waals surface area contributed by atoms with Crippen LogP contribution in [0.4, 0.5) is 4.39 Å². The van der Waals surface area contributed by atoms with Crippen molar-refractivity contribution in [1.29, 1.82) is 0 Å². The Labute approximate surface area is 117 Å². The van der Waals surface area contributed by atoms with Gasteiger partial charge in [0.2, 0.25) is 0 Å². The lowest BCUT2D eigenvalue weighted by atomic mass is 10.1. The van der Waals surface area contributed by atoms with Crippen LogP contribution in [-0.4, -0.2) is 21.5 Å². The van der Waals surface area contributed by atoms with E-state index in [0.717, 1.165) is 19.4 Å². The highest BCUT2D eigenvalue weighted by Crippen LogP contribution is 2.33. The lowest BCUT2D eigenvalue weighted by Crippen LogP contribution is -2.23. The van der Waals surface area contributed by atoms with E-state index in [1.165, 1.54) is 23.8 Å². The summed E-state index contributed by atoms with van der Waals surface area (Å²) in [5.74, 6) is -0.154. The fourth-order valence-electron chi connectivity index (χ4n) is 2.87. The molecular formula is C16H17FN2O. The van der Waals surface area contributed by atoms with Crippen LogP contribution < -0.4 is 0 Å². The van der Waals surface area contributed by atoms with Crippen molar-refractivity contribution in [2.45, 2.75) is 25.4 Å². The highest BCUT2D eigenvalue weighted by Gasteiger charge is 2.26. The Kier molecular flexibility index (Phi) is 3.65. The van der Waals surface area contributed by atoms with Crippen molar-refractivity contribution in [3.63, 3.8) is 0 Å². The summed E-state index contributed by atoms with van der Waals surface area (Å²) in [7, 11) is 0. The van der Waals surface area contributed by atoms with E-state index < -0.39 is 0 Å². The minimum absolute atomic E-state index is 0.110. The Morgan fingerprint density at radius 2 is 2.25 bits per heavy atom. The molecule has 104 valence electrons. The molecule has 4 heteroatoms. The monoisotopic (exact) mass is 272 g/mol. The van der Waals surface area contributed by atoms with Crippen LogP contribution in [0.3, 0.4) is 0 Å². The molecule has 0 saturated carbocycles. The number of hydrogen-bond donors (Lipinski definition) is 1. The first kappa shape index (κ1) is 13.1. The van der Waals surface area contributed by atoms with Crippen LogP contribution in [0.25, 0.3) is 0 Å². The fraction of sp³-hybridized carbons (Fsp3) is 0.312. The number of pyridine rings is 1. The topological polar surface area (TPSA) is 36.4 Å². The molecule has 0 spiro atoms. The Morgan fingerprint density at radius 3 is 3.05 bits per heavy atom. The van der Waals surface area contributed by atoms with Crippen LogP contribution in [0.5, 0.6) is 5.75 Å². The van der Waals surface area contributed by atoms with Gasteiger partial charge in [0.1, 0.15) is 11.6 Å². The van der Waals surface area contributed by atoms with Crippen LogP contribution in [-0.2, 0) is 6.54 Å². The summed E-state index contributed by atoms with van der Waals surface area (Å²) in [6.45, 7) is 1.45. The van der Waals surface area contributed by atoms with Gasteiger partial charge in [-0.2, -0.15) is 0 Å². The van der Waals surface area contributed by atoms with Gasteiger partial charge in [0, 0.05) is 30.5 Å². The SMILES string of the molecule is Oc1ccc(F)c(CN2CCCC2c2cccnc2)c1. The van der Waals surface area contributed by atoms with Gasteiger partial charge in [0.05, 0.1) is 0 Å². The first-order valence-corrected chi connectivity index (χ1v) is 6.85. The molecule has 0 radical (unpaired) electrons. The molecular weight excluding hydrogens is 255 g/mol. The summed E-state index contributed by atoms with van der Waals surface area (Å²) < 4.78 is 13.8. The third-order valence-corrected chi connectivity index (χ3v) is 3.84. The van der Waals surface area contributed by atoms with Crippen molar-refractivity contribution in [1.82, 2.24) is 9.88 Å². The lowest BCUT2D eigenvalue weighted by Gasteiger charge is -2.24. The predicted octanol–water partition coefficient (Wildman–Crippen LogP) is 3.26. The van der Waals surface area contributed by atoms with Gasteiger partial charge in [-0.15, -0.1) is 0 Å². The lowest BCUT2D eigenvalue weighted by molar-refractivity contribution is 0.244. The molecule has 2 aromatic rings. The van der Waals surface area contributed by atoms with E-state index in [1.54, 1.807) is 6.20 Å². The van der Waals surface area contributed by atoms with Gasteiger partial charge in [0.15, 0.2) is 0 Å². The van der Waals surface area contributed by atoms with Crippen LogP contribution in [0.15, 0.2) is 42.7 Å². The number of aromatic nitrogens is 1. The van der Waals surface area contributed by atoms with Gasteiger partial charge >= 0.3 is 0 Å². The van der Waals surface area contributed by atoms with E-state index in [1.807, 2.05) is 12.3 Å². The van der Waals surface area contributed by atoms with E-state index in [2.05, 4.69) is 16.0 Å². The number of rotatable bonds is 3. The van der Waals surface area contributed by atoms with Crippen molar-refractivity contribution < 1.29 is 9.50 Å². The number of hydrogen-bond acceptors (Lipinski definition) is 3. The van der Waals surface area contributed by atoms with Crippen LogP contribution in [0.2, 0.25) is 0 Å².